The molecular weight excluding hydrogens is 467 g/mol. The summed E-state index contributed by atoms with van der Waals surface area (Å²) in [6.07, 6.45) is -3.53. The van der Waals surface area contributed by atoms with Crippen molar-refractivity contribution in [3.05, 3.63) is 30.1 Å². The highest BCUT2D eigenvalue weighted by Gasteiger charge is 2.43. The van der Waals surface area contributed by atoms with Gasteiger partial charge in [0.25, 0.3) is 0 Å². The van der Waals surface area contributed by atoms with Gasteiger partial charge in [-0.05, 0) is 31.5 Å². The number of pyridine rings is 1. The largest absolute Gasteiger partial charge is 0.491 e. The predicted molar refractivity (Wildman–Crippen MR) is 106 cm³/mol. The molecule has 0 saturated heterocycles. The predicted octanol–water partition coefficient (Wildman–Crippen LogP) is -1.37. The average molecular weight is 489 g/mol. The van der Waals surface area contributed by atoms with Crippen LogP contribution in [0.2, 0.25) is 0 Å². The molecule has 1 aromatic rings. The van der Waals surface area contributed by atoms with Crippen molar-refractivity contribution in [2.75, 3.05) is 0 Å². The number of carbonyl (C=O) groups excluding carboxylic acids is 6. The fourth-order valence-electron chi connectivity index (χ4n) is 2.36. The summed E-state index contributed by atoms with van der Waals surface area (Å²) in [5, 5.41) is 6.51. The lowest BCUT2D eigenvalue weighted by Gasteiger charge is -2.21. The van der Waals surface area contributed by atoms with Crippen molar-refractivity contribution >= 4 is 35.6 Å². The maximum Gasteiger partial charge on any atom is 0.491 e. The topological polar surface area (TPSA) is 187 Å². The third-order valence-corrected chi connectivity index (χ3v) is 4.07. The summed E-state index contributed by atoms with van der Waals surface area (Å²) in [5.74, 6) is -8.31. The third kappa shape index (κ3) is 9.62. The van der Waals surface area contributed by atoms with Crippen LogP contribution in [0.3, 0.4) is 0 Å². The number of primary amides is 1. The Labute approximate surface area is 190 Å². The van der Waals surface area contributed by atoms with Crippen LogP contribution in [0.1, 0.15) is 25.8 Å². The van der Waals surface area contributed by atoms with E-state index in [0.717, 1.165) is 6.92 Å². The van der Waals surface area contributed by atoms with Crippen molar-refractivity contribution in [1.82, 2.24) is 20.9 Å². The fraction of sp³-hybridized carbons (Fsp3) is 0.421. The molecule has 0 saturated carbocycles. The molecule has 1 heterocycles. The number of alkyl halides is 3. The Balaban J connectivity index is 2.67. The van der Waals surface area contributed by atoms with Crippen molar-refractivity contribution in [3.8, 4) is 0 Å². The first-order chi connectivity index (χ1) is 15.7. The van der Waals surface area contributed by atoms with E-state index in [-0.39, 0.29) is 6.42 Å². The molecule has 1 aromatic heterocycles. The van der Waals surface area contributed by atoms with Gasteiger partial charge < -0.3 is 26.4 Å². The molecule has 12 nitrogen and oxygen atoms in total. The molecule has 0 spiro atoms. The van der Waals surface area contributed by atoms with E-state index in [2.05, 4.69) is 20.4 Å². The maximum absolute atomic E-state index is 12.3. The number of halogens is 3. The molecule has 0 fully saturated rings. The summed E-state index contributed by atoms with van der Waals surface area (Å²) >= 11 is 0. The van der Waals surface area contributed by atoms with E-state index in [1.165, 1.54) is 19.3 Å². The van der Waals surface area contributed by atoms with Gasteiger partial charge >= 0.3 is 18.1 Å². The van der Waals surface area contributed by atoms with E-state index < -0.39 is 66.3 Å². The summed E-state index contributed by atoms with van der Waals surface area (Å²) < 4.78 is 40.4. The van der Waals surface area contributed by atoms with Crippen molar-refractivity contribution in [2.45, 2.75) is 51.0 Å². The number of aromatic nitrogens is 1. The monoisotopic (exact) mass is 489 g/mol. The molecule has 0 aromatic carbocycles. The second-order valence-electron chi connectivity index (χ2n) is 6.99. The van der Waals surface area contributed by atoms with Crippen molar-refractivity contribution in [1.29, 1.82) is 0 Å². The molecule has 3 atom stereocenters. The number of hydrogen-bond acceptors (Lipinski definition) is 8. The average Bonchev–Trinajstić information content (AvgIpc) is 2.72. The zero-order chi connectivity index (χ0) is 26.1. The molecule has 15 heteroatoms. The Bertz CT molecular complexity index is 940. The number of hydrogen-bond donors (Lipinski definition) is 4. The van der Waals surface area contributed by atoms with E-state index in [1.54, 1.807) is 12.1 Å². The quantitative estimate of drug-likeness (QED) is 0.229. The van der Waals surface area contributed by atoms with Crippen molar-refractivity contribution in [2.24, 2.45) is 5.73 Å². The van der Waals surface area contributed by atoms with Gasteiger partial charge in [-0.3, -0.25) is 24.2 Å². The number of ether oxygens (including phenoxy) is 1. The molecule has 186 valence electrons. The Hall–Kier alpha value is -4.04. The van der Waals surface area contributed by atoms with E-state index in [0.29, 0.717) is 5.56 Å². The van der Waals surface area contributed by atoms with Crippen LogP contribution in [0.15, 0.2) is 24.5 Å². The Morgan fingerprint density at radius 1 is 0.971 bits per heavy atom. The highest BCUT2D eigenvalue weighted by Crippen LogP contribution is 2.17. The minimum atomic E-state index is -5.49. The minimum Gasteiger partial charge on any atom is -0.385 e. The zero-order valence-corrected chi connectivity index (χ0v) is 18.0. The third-order valence-electron chi connectivity index (χ3n) is 4.07. The number of nitrogens with one attached hydrogen (secondary N) is 3. The van der Waals surface area contributed by atoms with Crippen LogP contribution in [0.4, 0.5) is 13.2 Å². The van der Waals surface area contributed by atoms with Crippen molar-refractivity contribution < 1.29 is 46.7 Å². The Kier molecular flexibility index (Phi) is 10.1. The second kappa shape index (κ2) is 12.3. The molecule has 0 bridgehead atoms. The summed E-state index contributed by atoms with van der Waals surface area (Å²) in [4.78, 5) is 74.0. The van der Waals surface area contributed by atoms with E-state index in [9.17, 15) is 41.9 Å². The number of carbonyl (C=O) groups is 6. The Morgan fingerprint density at radius 2 is 1.50 bits per heavy atom. The van der Waals surface area contributed by atoms with Gasteiger partial charge in [0.1, 0.15) is 18.1 Å². The van der Waals surface area contributed by atoms with Crippen LogP contribution in [-0.4, -0.2) is 64.9 Å². The standard InChI is InChI=1S/C19H22F3N5O7/c1-9(25-14(29)7-11-3-5-24-6-4-11)15(30)26-10(2)16(31)27-12(8-13(23)28)17(32)34-18(33)19(20,21)22/h3-6,9-10,12H,7-8H2,1-2H3,(H2,23,28)(H,25,29)(H,26,30)(H,27,31)/t9-,10-,12-/m0/s1. The lowest BCUT2D eigenvalue weighted by Crippen LogP contribution is -2.55. The van der Waals surface area contributed by atoms with Crippen LogP contribution >= 0.6 is 0 Å². The van der Waals surface area contributed by atoms with Crippen LogP contribution in [0, 0.1) is 0 Å². The molecule has 5 N–H and O–H groups in total. The van der Waals surface area contributed by atoms with Gasteiger partial charge in [0.2, 0.25) is 23.6 Å². The number of rotatable bonds is 10. The number of amides is 4. The van der Waals surface area contributed by atoms with E-state index >= 15 is 0 Å². The van der Waals surface area contributed by atoms with Crippen LogP contribution in [0.25, 0.3) is 0 Å². The van der Waals surface area contributed by atoms with Gasteiger partial charge in [0.15, 0.2) is 0 Å². The summed E-state index contributed by atoms with van der Waals surface area (Å²) in [6, 6.07) is -1.26. The second-order valence-corrected chi connectivity index (χ2v) is 6.99. The minimum absolute atomic E-state index is 0.0380. The van der Waals surface area contributed by atoms with Gasteiger partial charge in [0.05, 0.1) is 12.8 Å². The molecule has 4 amide bonds. The van der Waals surface area contributed by atoms with Gasteiger partial charge in [-0.2, -0.15) is 13.2 Å². The van der Waals surface area contributed by atoms with E-state index in [1.807, 2.05) is 5.32 Å². The lowest BCUT2D eigenvalue weighted by molar-refractivity contribution is -0.202. The van der Waals surface area contributed by atoms with Gasteiger partial charge in [-0.25, -0.2) is 9.59 Å². The van der Waals surface area contributed by atoms with Gasteiger partial charge in [-0.1, -0.05) is 0 Å². The number of nitrogens with zero attached hydrogens (tertiary/aromatic N) is 1. The molecule has 34 heavy (non-hydrogen) atoms. The van der Waals surface area contributed by atoms with Crippen molar-refractivity contribution in [3.63, 3.8) is 0 Å². The number of esters is 2. The molecule has 1 rings (SSSR count). The lowest BCUT2D eigenvalue weighted by atomic mass is 10.1. The smallest absolute Gasteiger partial charge is 0.385 e. The highest BCUT2D eigenvalue weighted by molar-refractivity contribution is 5.97. The molecule has 0 aliphatic rings. The molecule has 0 unspecified atom stereocenters. The molecule has 0 radical (unpaired) electrons. The zero-order valence-electron chi connectivity index (χ0n) is 18.0. The van der Waals surface area contributed by atoms with Crippen LogP contribution in [0.5, 0.6) is 0 Å². The first-order valence-electron chi connectivity index (χ1n) is 9.60. The normalized spacial score (nSPS) is 13.6. The maximum atomic E-state index is 12.3. The van der Waals surface area contributed by atoms with Crippen LogP contribution < -0.4 is 21.7 Å². The SMILES string of the molecule is C[C@H](NC(=O)Cc1ccncc1)C(=O)N[C@@H](C)C(=O)N[C@@H](CC(N)=O)C(=O)OC(=O)C(F)(F)F. The summed E-state index contributed by atoms with van der Waals surface area (Å²) in [5.41, 5.74) is 5.55. The van der Waals surface area contributed by atoms with Gasteiger partial charge in [-0.15, -0.1) is 0 Å². The Morgan fingerprint density at radius 3 is 2.03 bits per heavy atom. The van der Waals surface area contributed by atoms with Crippen LogP contribution in [-0.2, 0) is 39.9 Å². The van der Waals surface area contributed by atoms with Gasteiger partial charge in [0, 0.05) is 12.4 Å². The first kappa shape index (κ1) is 28.0. The fourth-order valence-corrected chi connectivity index (χ4v) is 2.36. The summed E-state index contributed by atoms with van der Waals surface area (Å²) in [7, 11) is 0. The number of nitrogens with two attached hydrogens (primary N) is 1. The van der Waals surface area contributed by atoms with E-state index in [4.69, 9.17) is 5.73 Å². The highest BCUT2D eigenvalue weighted by atomic mass is 19.4. The first-order valence-corrected chi connectivity index (χ1v) is 9.60. The molecule has 0 aliphatic heterocycles. The molecular formula is C19H22F3N5O7. The summed E-state index contributed by atoms with van der Waals surface area (Å²) in [6.45, 7) is 2.49. The molecule has 0 aliphatic carbocycles.